The lowest BCUT2D eigenvalue weighted by Crippen LogP contribution is -2.43. The van der Waals surface area contributed by atoms with Crippen LogP contribution in [0.3, 0.4) is 0 Å². The number of amides is 1. The molecule has 3 aromatic rings. The molecule has 1 aliphatic rings. The molecule has 240 valence electrons. The summed E-state index contributed by atoms with van der Waals surface area (Å²) in [5.41, 5.74) is 2.92. The Morgan fingerprint density at radius 2 is 1.75 bits per heavy atom. The zero-order valence-electron chi connectivity index (χ0n) is 24.4. The van der Waals surface area contributed by atoms with Gasteiger partial charge in [0.15, 0.2) is 0 Å². The van der Waals surface area contributed by atoms with E-state index in [0.717, 1.165) is 4.57 Å². The third-order valence-corrected chi connectivity index (χ3v) is 7.24. The van der Waals surface area contributed by atoms with Crippen molar-refractivity contribution in [2.75, 3.05) is 33.4 Å². The van der Waals surface area contributed by atoms with E-state index < -0.39 is 60.0 Å². The van der Waals surface area contributed by atoms with Crippen LogP contribution in [0.25, 0.3) is 10.9 Å². The molecule has 1 aromatic heterocycles. The molecule has 0 saturated carbocycles. The summed E-state index contributed by atoms with van der Waals surface area (Å²) in [5, 5.41) is -0.232. The van der Waals surface area contributed by atoms with Gasteiger partial charge in [0, 0.05) is 56.8 Å². The molecule has 0 spiro atoms. The number of carbonyl (C=O) groups excluding carboxylic acids is 2. The summed E-state index contributed by atoms with van der Waals surface area (Å²) in [6.07, 6.45) is -7.05. The molecule has 0 atom stereocenters. The number of piperidine rings is 1. The predicted molar refractivity (Wildman–Crippen MR) is 150 cm³/mol. The van der Waals surface area contributed by atoms with Crippen molar-refractivity contribution in [2.45, 2.75) is 44.7 Å². The Bertz CT molecular complexity index is 1560. The number of benzene rings is 2. The van der Waals surface area contributed by atoms with Crippen molar-refractivity contribution in [1.29, 1.82) is 0 Å². The maximum atomic E-state index is 14.6. The summed E-state index contributed by atoms with van der Waals surface area (Å²) in [7, 11) is 2.65. The zero-order chi connectivity index (χ0) is 32.8. The van der Waals surface area contributed by atoms with Crippen molar-refractivity contribution < 1.29 is 45.4 Å². The van der Waals surface area contributed by atoms with Gasteiger partial charge in [-0.3, -0.25) is 9.59 Å². The lowest BCUT2D eigenvalue weighted by molar-refractivity contribution is -0.139. The van der Waals surface area contributed by atoms with Crippen LogP contribution in [0.4, 0.5) is 31.1 Å². The van der Waals surface area contributed by atoms with Crippen LogP contribution in [0.2, 0.25) is 0 Å². The lowest BCUT2D eigenvalue weighted by atomic mass is 9.94. The van der Waals surface area contributed by atoms with E-state index in [9.17, 15) is 40.7 Å². The summed E-state index contributed by atoms with van der Waals surface area (Å²) in [6, 6.07) is 8.54. The number of rotatable bonds is 6. The molecule has 2 N–H and O–H groups in total. The van der Waals surface area contributed by atoms with Crippen molar-refractivity contribution >= 4 is 23.0 Å². The number of ether oxygens (including phenoxy) is 2. The highest BCUT2D eigenvalue weighted by molar-refractivity contribution is 5.85. The molecule has 8 nitrogen and oxygen atoms in total. The van der Waals surface area contributed by atoms with Crippen molar-refractivity contribution in [3.63, 3.8) is 0 Å². The van der Waals surface area contributed by atoms with E-state index >= 15 is 0 Å². The molecule has 2 aromatic carbocycles. The summed E-state index contributed by atoms with van der Waals surface area (Å²) < 4.78 is 94.7. The third-order valence-electron chi connectivity index (χ3n) is 7.24. The molecule has 0 aliphatic carbocycles. The first-order valence-electron chi connectivity index (χ1n) is 13.6. The first kappa shape index (κ1) is 34.4. The number of likely N-dealkylation sites (tertiary alicyclic amines) is 1. The fourth-order valence-corrected chi connectivity index (χ4v) is 4.78. The normalized spacial score (nSPS) is 14.5. The fourth-order valence-electron chi connectivity index (χ4n) is 4.78. The molecular weight excluding hydrogens is 596 g/mol. The molecule has 1 fully saturated rings. The van der Waals surface area contributed by atoms with Gasteiger partial charge in [0.05, 0.1) is 31.3 Å². The van der Waals surface area contributed by atoms with Crippen molar-refractivity contribution in [3.05, 3.63) is 80.4 Å². The number of hydrogen-bond acceptors (Lipinski definition) is 6. The number of nitrogens with two attached hydrogens (primary N) is 1. The number of esters is 1. The SMILES string of the molecule is COC(=O)CN.Cc1cccc(Cc2c(C(F)(F)F)c3cc(CCOC(=O)N4CCC(F)(F)CC4)ccc3n(C)c2=O)c1F. The monoisotopic (exact) mass is 629 g/mol. The number of fused-ring (bicyclic) bond motifs is 1. The summed E-state index contributed by atoms with van der Waals surface area (Å²) in [5.74, 6) is -3.87. The molecule has 0 bridgehead atoms. The summed E-state index contributed by atoms with van der Waals surface area (Å²) >= 11 is 0. The van der Waals surface area contributed by atoms with E-state index in [4.69, 9.17) is 10.5 Å². The highest BCUT2D eigenvalue weighted by Crippen LogP contribution is 2.37. The average Bonchev–Trinajstić information content (AvgIpc) is 2.97. The van der Waals surface area contributed by atoms with Gasteiger partial charge in [-0.05, 0) is 35.7 Å². The van der Waals surface area contributed by atoms with Crippen LogP contribution in [0.5, 0.6) is 0 Å². The summed E-state index contributed by atoms with van der Waals surface area (Å²) in [6.45, 7) is 0.994. The summed E-state index contributed by atoms with van der Waals surface area (Å²) in [4.78, 5) is 36.2. The Morgan fingerprint density at radius 1 is 1.09 bits per heavy atom. The molecule has 1 aliphatic heterocycles. The van der Waals surface area contributed by atoms with E-state index in [1.807, 2.05) is 0 Å². The first-order valence-corrected chi connectivity index (χ1v) is 13.6. The number of aromatic nitrogens is 1. The van der Waals surface area contributed by atoms with Crippen LogP contribution in [-0.2, 0) is 40.3 Å². The zero-order valence-corrected chi connectivity index (χ0v) is 24.4. The van der Waals surface area contributed by atoms with Crippen molar-refractivity contribution in [1.82, 2.24) is 9.47 Å². The van der Waals surface area contributed by atoms with Crippen LogP contribution in [0, 0.1) is 12.7 Å². The van der Waals surface area contributed by atoms with Crippen LogP contribution in [-0.4, -0.2) is 60.8 Å². The Balaban J connectivity index is 0.000000801. The topological polar surface area (TPSA) is 104 Å². The minimum atomic E-state index is -4.90. The largest absolute Gasteiger partial charge is 0.468 e. The van der Waals surface area contributed by atoms with Gasteiger partial charge in [-0.1, -0.05) is 24.3 Å². The van der Waals surface area contributed by atoms with Gasteiger partial charge in [-0.25, -0.2) is 18.0 Å². The van der Waals surface area contributed by atoms with Crippen molar-refractivity contribution in [2.24, 2.45) is 12.8 Å². The maximum Gasteiger partial charge on any atom is 0.417 e. The van der Waals surface area contributed by atoms with E-state index in [1.54, 1.807) is 0 Å². The van der Waals surface area contributed by atoms with Gasteiger partial charge in [0.1, 0.15) is 5.82 Å². The predicted octanol–water partition coefficient (Wildman–Crippen LogP) is 5.12. The quantitative estimate of drug-likeness (QED) is 0.300. The van der Waals surface area contributed by atoms with E-state index in [0.29, 0.717) is 5.56 Å². The number of carbonyl (C=O) groups is 2. The Hall–Kier alpha value is -4.07. The van der Waals surface area contributed by atoms with Gasteiger partial charge < -0.3 is 24.7 Å². The number of halogens is 6. The highest BCUT2D eigenvalue weighted by Gasteiger charge is 2.38. The van der Waals surface area contributed by atoms with Gasteiger partial charge in [0.2, 0.25) is 0 Å². The van der Waals surface area contributed by atoms with Gasteiger partial charge in [-0.15, -0.1) is 0 Å². The Kier molecular flexibility index (Phi) is 11.1. The number of hydrogen-bond donors (Lipinski definition) is 1. The van der Waals surface area contributed by atoms with Crippen LogP contribution < -0.4 is 11.3 Å². The molecular formula is C30H33F6N3O5. The Morgan fingerprint density at radius 3 is 2.32 bits per heavy atom. The minimum absolute atomic E-state index is 0.0227. The van der Waals surface area contributed by atoms with Gasteiger partial charge in [-0.2, -0.15) is 13.2 Å². The molecule has 4 rings (SSSR count). The van der Waals surface area contributed by atoms with Gasteiger partial charge in [0.25, 0.3) is 11.5 Å². The lowest BCUT2D eigenvalue weighted by Gasteiger charge is -2.30. The van der Waals surface area contributed by atoms with Crippen LogP contribution in [0.15, 0.2) is 41.2 Å². The van der Waals surface area contributed by atoms with E-state index in [2.05, 4.69) is 4.74 Å². The molecule has 0 unspecified atom stereocenters. The van der Waals surface area contributed by atoms with Crippen LogP contribution in [0.1, 0.15) is 40.7 Å². The molecule has 0 radical (unpaired) electrons. The number of pyridine rings is 1. The standard InChI is InChI=1S/C27H26F6N2O3.C3H7NO2/c1-16-4-3-5-18(23(16)28)15-20-22(27(31,32)33)19-14-17(6-7-21(19)34(2)24(20)36)8-13-38-25(37)35-11-9-26(29,30)10-12-35;1-6-3(5)2-4/h3-7,14H,8-13,15H2,1-2H3;2,4H2,1H3. The molecule has 2 heterocycles. The highest BCUT2D eigenvalue weighted by atomic mass is 19.4. The first-order chi connectivity index (χ1) is 20.6. The van der Waals surface area contributed by atoms with Gasteiger partial charge >= 0.3 is 18.2 Å². The van der Waals surface area contributed by atoms with E-state index in [1.165, 1.54) is 62.4 Å². The second-order valence-corrected chi connectivity index (χ2v) is 10.3. The Labute approximate surface area is 249 Å². The smallest absolute Gasteiger partial charge is 0.417 e. The number of alkyl halides is 5. The average molecular weight is 630 g/mol. The minimum Gasteiger partial charge on any atom is -0.468 e. The number of nitrogens with zero attached hydrogens (tertiary/aromatic N) is 2. The third kappa shape index (κ3) is 8.30. The molecule has 1 amide bonds. The van der Waals surface area contributed by atoms with Crippen molar-refractivity contribution in [3.8, 4) is 0 Å². The molecule has 14 heteroatoms. The maximum absolute atomic E-state index is 14.6. The second kappa shape index (κ2) is 14.1. The number of methoxy groups -OCH3 is 1. The number of aryl methyl sites for hydroxylation is 2. The molecule has 1 saturated heterocycles. The second-order valence-electron chi connectivity index (χ2n) is 10.3. The van der Waals surface area contributed by atoms with Crippen LogP contribution >= 0.6 is 0 Å². The van der Waals surface area contributed by atoms with E-state index in [-0.39, 0.29) is 60.7 Å². The fraction of sp³-hybridized carbons (Fsp3) is 0.433. The molecule has 44 heavy (non-hydrogen) atoms.